The van der Waals surface area contributed by atoms with E-state index in [1.807, 2.05) is 26.0 Å². The zero-order valence-corrected chi connectivity index (χ0v) is 22.7. The number of aromatic nitrogens is 4. The third-order valence-corrected chi connectivity index (χ3v) is 9.01. The molecule has 0 spiro atoms. The molecule has 0 saturated carbocycles. The Morgan fingerprint density at radius 1 is 1.08 bits per heavy atom. The van der Waals surface area contributed by atoms with E-state index in [0.29, 0.717) is 42.6 Å². The first-order chi connectivity index (χ1) is 18.1. The van der Waals surface area contributed by atoms with Crippen molar-refractivity contribution in [2.45, 2.75) is 30.7 Å². The number of rotatable bonds is 6. The monoisotopic (exact) mass is 537 g/mol. The summed E-state index contributed by atoms with van der Waals surface area (Å²) >= 11 is 0. The molecule has 2 aromatic carbocycles. The molecule has 1 amide bonds. The standard InChI is InChI=1S/C26H31N7O4S/c1-5-30(4)23(34)16-31-10-12-32(13-11-31)19-7-8-20-21(15-19)33-24(27-25(20)35)26(28-29-33)38(36,37)22-9-6-17(2)14-18(22)3/h6-9,14-15,29H,5,10-13,16H2,1-4H3. The van der Waals surface area contributed by atoms with Crippen molar-refractivity contribution in [3.8, 4) is 0 Å². The third-order valence-electron chi connectivity index (χ3n) is 7.19. The van der Waals surface area contributed by atoms with Crippen molar-refractivity contribution in [3.05, 3.63) is 57.9 Å². The van der Waals surface area contributed by atoms with Gasteiger partial charge in [-0.05, 0) is 50.6 Å². The summed E-state index contributed by atoms with van der Waals surface area (Å²) < 4.78 is 28.4. The minimum absolute atomic E-state index is 0.0389. The molecule has 0 bridgehead atoms. The molecule has 1 saturated heterocycles. The van der Waals surface area contributed by atoms with Crippen LogP contribution in [0.5, 0.6) is 0 Å². The van der Waals surface area contributed by atoms with Gasteiger partial charge < -0.3 is 9.80 Å². The van der Waals surface area contributed by atoms with Gasteiger partial charge in [0, 0.05) is 45.5 Å². The van der Waals surface area contributed by atoms with Gasteiger partial charge in [0.2, 0.25) is 20.8 Å². The minimum atomic E-state index is -4.02. The number of amides is 1. The number of aromatic amines is 1. The van der Waals surface area contributed by atoms with Crippen LogP contribution in [-0.4, -0.2) is 90.3 Å². The van der Waals surface area contributed by atoms with Crippen LogP contribution in [0.15, 0.2) is 51.1 Å². The Hall–Kier alpha value is -3.77. The molecule has 1 fully saturated rings. The largest absolute Gasteiger partial charge is 0.369 e. The van der Waals surface area contributed by atoms with E-state index in [9.17, 15) is 18.0 Å². The van der Waals surface area contributed by atoms with Gasteiger partial charge in [-0.2, -0.15) is 4.98 Å². The number of H-pyrrole nitrogens is 1. The number of sulfone groups is 1. The second-order valence-electron chi connectivity index (χ2n) is 9.74. The average molecular weight is 538 g/mol. The van der Waals surface area contributed by atoms with Gasteiger partial charge in [0.1, 0.15) is 0 Å². The number of piperazine rings is 1. The minimum Gasteiger partial charge on any atom is -0.369 e. The number of nitrogens with one attached hydrogen (secondary N) is 1. The summed E-state index contributed by atoms with van der Waals surface area (Å²) in [7, 11) is -2.22. The summed E-state index contributed by atoms with van der Waals surface area (Å²) in [5.74, 6) is 0.103. The Kier molecular flexibility index (Phi) is 6.70. The van der Waals surface area contributed by atoms with Gasteiger partial charge in [-0.25, -0.2) is 18.1 Å². The molecule has 200 valence electrons. The number of carbonyl (C=O) groups is 1. The Morgan fingerprint density at radius 2 is 1.82 bits per heavy atom. The molecule has 12 heteroatoms. The molecule has 1 N–H and O–H groups in total. The SMILES string of the molecule is CCN(C)C(=O)CN1CCN(c2ccc3c(=O)nc4c(S(=O)(=O)c5ccc(C)cc5C)n[nH]n4c3c2)CC1. The number of hydrogen-bond donors (Lipinski definition) is 1. The lowest BCUT2D eigenvalue weighted by Gasteiger charge is -2.36. The number of carbonyl (C=O) groups excluding carboxylic acids is 1. The smallest absolute Gasteiger partial charge is 0.281 e. The van der Waals surface area contributed by atoms with Crippen LogP contribution in [0.1, 0.15) is 18.1 Å². The quantitative estimate of drug-likeness (QED) is 0.394. The third kappa shape index (κ3) is 4.54. The second kappa shape index (κ2) is 9.84. The van der Waals surface area contributed by atoms with E-state index in [0.717, 1.165) is 24.3 Å². The van der Waals surface area contributed by atoms with Crippen LogP contribution >= 0.6 is 0 Å². The van der Waals surface area contributed by atoms with Gasteiger partial charge in [-0.15, -0.1) is 5.10 Å². The maximum absolute atomic E-state index is 13.5. The summed E-state index contributed by atoms with van der Waals surface area (Å²) in [5, 5.41) is 6.92. The lowest BCUT2D eigenvalue weighted by Crippen LogP contribution is -2.49. The van der Waals surface area contributed by atoms with Crippen LogP contribution in [0.2, 0.25) is 0 Å². The highest BCUT2D eigenvalue weighted by atomic mass is 32.2. The highest BCUT2D eigenvalue weighted by Crippen LogP contribution is 2.27. The van der Waals surface area contributed by atoms with Crippen molar-refractivity contribution in [2.75, 3.05) is 51.2 Å². The summed E-state index contributed by atoms with van der Waals surface area (Å²) in [6.45, 7) is 9.54. The number of likely N-dealkylation sites (N-methyl/N-ethyl adjacent to an activating group) is 1. The molecule has 2 aromatic heterocycles. The zero-order chi connectivity index (χ0) is 27.2. The molecule has 11 nitrogen and oxygen atoms in total. The molecule has 4 aromatic rings. The van der Waals surface area contributed by atoms with Crippen LogP contribution in [0.4, 0.5) is 5.69 Å². The van der Waals surface area contributed by atoms with Crippen molar-refractivity contribution >= 4 is 38.0 Å². The van der Waals surface area contributed by atoms with Crippen molar-refractivity contribution in [3.63, 3.8) is 0 Å². The van der Waals surface area contributed by atoms with Gasteiger partial charge in [0.25, 0.3) is 5.56 Å². The molecule has 0 atom stereocenters. The number of anilines is 1. The summed E-state index contributed by atoms with van der Waals surface area (Å²) in [5.41, 5.74) is 2.37. The predicted octanol–water partition coefficient (Wildman–Crippen LogP) is 1.62. The van der Waals surface area contributed by atoms with Gasteiger partial charge in [-0.1, -0.05) is 17.7 Å². The highest BCUT2D eigenvalue weighted by molar-refractivity contribution is 7.91. The molecule has 38 heavy (non-hydrogen) atoms. The maximum Gasteiger partial charge on any atom is 0.281 e. The van der Waals surface area contributed by atoms with Crippen LogP contribution in [0, 0.1) is 13.8 Å². The first-order valence-electron chi connectivity index (χ1n) is 12.5. The molecule has 0 radical (unpaired) electrons. The molecular weight excluding hydrogens is 506 g/mol. The van der Waals surface area contributed by atoms with Crippen molar-refractivity contribution < 1.29 is 13.2 Å². The Balaban J connectivity index is 1.48. The first-order valence-corrected chi connectivity index (χ1v) is 14.0. The van der Waals surface area contributed by atoms with Gasteiger partial charge in [0.05, 0.1) is 22.3 Å². The number of nitrogens with zero attached hydrogens (tertiary/aromatic N) is 6. The van der Waals surface area contributed by atoms with E-state index in [4.69, 9.17) is 0 Å². The fourth-order valence-electron chi connectivity index (χ4n) is 4.83. The van der Waals surface area contributed by atoms with Gasteiger partial charge in [0.15, 0.2) is 5.65 Å². The van der Waals surface area contributed by atoms with E-state index < -0.39 is 15.4 Å². The predicted molar refractivity (Wildman–Crippen MR) is 144 cm³/mol. The summed E-state index contributed by atoms with van der Waals surface area (Å²) in [6, 6.07) is 10.5. The Bertz CT molecular complexity index is 1700. The lowest BCUT2D eigenvalue weighted by atomic mass is 10.2. The molecule has 0 aliphatic carbocycles. The molecular formula is C26H31N7O4S. The van der Waals surface area contributed by atoms with Crippen molar-refractivity contribution in [1.82, 2.24) is 29.6 Å². The number of benzene rings is 2. The Morgan fingerprint density at radius 3 is 2.50 bits per heavy atom. The second-order valence-corrected chi connectivity index (χ2v) is 11.6. The Labute approximate surface area is 220 Å². The number of aryl methyl sites for hydroxylation is 2. The first kappa shape index (κ1) is 25.9. The maximum atomic E-state index is 13.5. The summed E-state index contributed by atoms with van der Waals surface area (Å²) in [6.07, 6.45) is 0. The van der Waals surface area contributed by atoms with E-state index in [-0.39, 0.29) is 21.5 Å². The van der Waals surface area contributed by atoms with E-state index in [1.54, 1.807) is 43.1 Å². The van der Waals surface area contributed by atoms with Crippen LogP contribution < -0.4 is 10.5 Å². The topological polar surface area (TPSA) is 124 Å². The van der Waals surface area contributed by atoms with E-state index in [2.05, 4.69) is 25.1 Å². The van der Waals surface area contributed by atoms with Crippen LogP contribution in [0.25, 0.3) is 16.6 Å². The highest BCUT2D eigenvalue weighted by Gasteiger charge is 2.28. The van der Waals surface area contributed by atoms with E-state index >= 15 is 0 Å². The zero-order valence-electron chi connectivity index (χ0n) is 21.9. The number of fused-ring (bicyclic) bond motifs is 3. The van der Waals surface area contributed by atoms with Gasteiger partial charge in [-0.3, -0.25) is 14.5 Å². The van der Waals surface area contributed by atoms with Gasteiger partial charge >= 0.3 is 0 Å². The van der Waals surface area contributed by atoms with Crippen molar-refractivity contribution in [2.24, 2.45) is 0 Å². The van der Waals surface area contributed by atoms with Crippen LogP contribution in [-0.2, 0) is 14.6 Å². The normalized spacial score (nSPS) is 14.9. The van der Waals surface area contributed by atoms with E-state index in [1.165, 1.54) is 4.52 Å². The molecule has 5 rings (SSSR count). The summed E-state index contributed by atoms with van der Waals surface area (Å²) in [4.78, 5) is 35.4. The van der Waals surface area contributed by atoms with Crippen molar-refractivity contribution in [1.29, 1.82) is 0 Å². The lowest BCUT2D eigenvalue weighted by molar-refractivity contribution is -0.131. The van der Waals surface area contributed by atoms with Crippen LogP contribution in [0.3, 0.4) is 0 Å². The average Bonchev–Trinajstić information content (AvgIpc) is 3.33. The fraction of sp³-hybridized carbons (Fsp3) is 0.385. The molecule has 1 aliphatic rings. The fourth-order valence-corrected chi connectivity index (χ4v) is 6.31. The molecule has 1 aliphatic heterocycles. The molecule has 0 unspecified atom stereocenters. The molecule has 3 heterocycles. The number of hydrogen-bond acceptors (Lipinski definition) is 8.